The summed E-state index contributed by atoms with van der Waals surface area (Å²) in [6.45, 7) is 17.8. The van der Waals surface area contributed by atoms with E-state index >= 15 is 0 Å². The number of primary amides is 1. The third kappa shape index (κ3) is 71.9. The third-order valence-electron chi connectivity index (χ3n) is 4.82. The fourth-order valence-corrected chi connectivity index (χ4v) is 2.99. The number of hydrogen-bond acceptors (Lipinski definition) is 4. The molecule has 0 heterocycles. The van der Waals surface area contributed by atoms with Crippen LogP contribution in [0.15, 0.2) is 0 Å². The van der Waals surface area contributed by atoms with Crippen molar-refractivity contribution in [2.45, 2.75) is 171 Å². The summed E-state index contributed by atoms with van der Waals surface area (Å²) in [6.07, 6.45) is 18.7. The van der Waals surface area contributed by atoms with Crippen molar-refractivity contribution in [3.63, 3.8) is 0 Å². The van der Waals surface area contributed by atoms with Crippen LogP contribution in [-0.2, 0) is 9.59 Å². The zero-order chi connectivity index (χ0) is 28.3. The number of amides is 1. The highest BCUT2D eigenvalue weighted by atomic mass is 16.3. The predicted octanol–water partition coefficient (Wildman–Crippen LogP) is 8.38. The van der Waals surface area contributed by atoms with Crippen LogP contribution in [0.3, 0.4) is 0 Å². The molecule has 0 aromatic rings. The minimum atomic E-state index is -0.475. The maximum absolute atomic E-state index is 10.5. The van der Waals surface area contributed by atoms with Crippen molar-refractivity contribution in [3.8, 4) is 0 Å². The molecule has 216 valence electrons. The second-order valence-corrected chi connectivity index (χ2v) is 9.12. The average molecular weight is 506 g/mol. The molecule has 0 bridgehead atoms. The van der Waals surface area contributed by atoms with Crippen LogP contribution in [0.1, 0.15) is 165 Å². The number of ketones is 1. The number of carbonyl (C=O) groups excluding carboxylic acids is 2. The standard InChI is InChI=1S/C16H33NO.C5H10O2.C5H12O.2C2H6/c1-2-3-4-5-6-7-8-9-10-11-12-13-14-15-16(17)18;1-4(6)3-5(2)7;1-5(2)3-4-6;2*1-2/h2-15H2,1H3,(H2,17,18);4,6H,3H2,1-2H3;5-6H,3-4H2,1-2H3;2*1-2H3. The Hall–Kier alpha value is -0.940. The van der Waals surface area contributed by atoms with Crippen molar-refractivity contribution < 1.29 is 19.8 Å². The van der Waals surface area contributed by atoms with Gasteiger partial charge in [0, 0.05) is 19.4 Å². The Balaban J connectivity index is -0.000000145. The molecule has 0 saturated carbocycles. The molecule has 0 saturated heterocycles. The van der Waals surface area contributed by atoms with Crippen LogP contribution in [0, 0.1) is 5.92 Å². The molecule has 0 aromatic heterocycles. The summed E-state index contributed by atoms with van der Waals surface area (Å²) in [7, 11) is 0. The number of rotatable bonds is 18. The van der Waals surface area contributed by atoms with Gasteiger partial charge in [0.2, 0.25) is 5.91 Å². The molecule has 5 nitrogen and oxygen atoms in total. The van der Waals surface area contributed by atoms with E-state index in [1.54, 1.807) is 6.92 Å². The van der Waals surface area contributed by atoms with E-state index in [4.69, 9.17) is 15.9 Å². The van der Waals surface area contributed by atoms with Crippen molar-refractivity contribution in [1.29, 1.82) is 0 Å². The van der Waals surface area contributed by atoms with Gasteiger partial charge in [-0.05, 0) is 32.6 Å². The molecule has 4 N–H and O–H groups in total. The molecule has 0 aliphatic carbocycles. The summed E-state index contributed by atoms with van der Waals surface area (Å²) >= 11 is 0. The lowest BCUT2D eigenvalue weighted by Gasteiger charge is -2.02. The molecular weight excluding hydrogens is 438 g/mol. The minimum Gasteiger partial charge on any atom is -0.396 e. The van der Waals surface area contributed by atoms with E-state index in [-0.39, 0.29) is 18.1 Å². The highest BCUT2D eigenvalue weighted by Crippen LogP contribution is 2.12. The van der Waals surface area contributed by atoms with Crippen molar-refractivity contribution in [1.82, 2.24) is 0 Å². The summed E-state index contributed by atoms with van der Waals surface area (Å²) in [6, 6.07) is 0. The lowest BCUT2D eigenvalue weighted by atomic mass is 10.0. The number of Topliss-reactive ketones (excluding diaryl/α,β-unsaturated/α-hetero) is 1. The lowest BCUT2D eigenvalue weighted by Crippen LogP contribution is -2.09. The van der Waals surface area contributed by atoms with Gasteiger partial charge in [0.15, 0.2) is 0 Å². The molecule has 35 heavy (non-hydrogen) atoms. The maximum atomic E-state index is 10.5. The van der Waals surface area contributed by atoms with Gasteiger partial charge in [-0.1, -0.05) is 126 Å². The van der Waals surface area contributed by atoms with Gasteiger partial charge < -0.3 is 15.9 Å². The van der Waals surface area contributed by atoms with Crippen molar-refractivity contribution in [3.05, 3.63) is 0 Å². The number of carbonyl (C=O) groups is 2. The molecule has 1 amide bonds. The van der Waals surface area contributed by atoms with Crippen LogP contribution in [0.4, 0.5) is 0 Å². The Kier molecular flexibility index (Phi) is 54.4. The van der Waals surface area contributed by atoms with Crippen LogP contribution < -0.4 is 5.73 Å². The van der Waals surface area contributed by atoms with Crippen LogP contribution in [0.5, 0.6) is 0 Å². The van der Waals surface area contributed by atoms with Gasteiger partial charge in [-0.25, -0.2) is 0 Å². The molecular formula is C30H67NO4. The van der Waals surface area contributed by atoms with Gasteiger partial charge in [-0.3, -0.25) is 9.59 Å². The third-order valence-corrected chi connectivity index (χ3v) is 4.82. The van der Waals surface area contributed by atoms with Gasteiger partial charge >= 0.3 is 0 Å². The predicted molar refractivity (Wildman–Crippen MR) is 156 cm³/mol. The summed E-state index contributed by atoms with van der Waals surface area (Å²) in [5.74, 6) is 0.531. The second kappa shape index (κ2) is 43.2. The first-order valence-electron chi connectivity index (χ1n) is 14.7. The molecule has 0 radical (unpaired) electrons. The molecule has 0 aliphatic rings. The first kappa shape index (κ1) is 44.1. The summed E-state index contributed by atoms with van der Waals surface area (Å²) < 4.78 is 0. The van der Waals surface area contributed by atoms with Crippen LogP contribution in [0.25, 0.3) is 0 Å². The van der Waals surface area contributed by atoms with E-state index in [1.807, 2.05) is 27.7 Å². The first-order valence-corrected chi connectivity index (χ1v) is 14.7. The Morgan fingerprint density at radius 1 is 0.714 bits per heavy atom. The smallest absolute Gasteiger partial charge is 0.217 e. The van der Waals surface area contributed by atoms with Gasteiger partial charge in [-0.15, -0.1) is 0 Å². The number of aliphatic hydroxyl groups excluding tert-OH is 2. The number of hydrogen-bond donors (Lipinski definition) is 3. The van der Waals surface area contributed by atoms with Gasteiger partial charge in [0.1, 0.15) is 5.78 Å². The van der Waals surface area contributed by atoms with E-state index in [1.165, 1.54) is 84.0 Å². The number of unbranched alkanes of at least 4 members (excludes halogenated alkanes) is 12. The summed E-state index contributed by atoms with van der Waals surface area (Å²) in [5.41, 5.74) is 5.09. The fraction of sp³-hybridized carbons (Fsp3) is 0.933. The average Bonchev–Trinajstić information content (AvgIpc) is 2.79. The molecule has 5 heteroatoms. The van der Waals surface area contributed by atoms with E-state index in [0.717, 1.165) is 12.8 Å². The second-order valence-electron chi connectivity index (χ2n) is 9.12. The highest BCUT2D eigenvalue weighted by molar-refractivity contribution is 5.75. The monoisotopic (exact) mass is 506 g/mol. The normalized spacial score (nSPS) is 10.3. The van der Waals surface area contributed by atoms with Crippen LogP contribution in [0.2, 0.25) is 0 Å². The number of aliphatic hydroxyl groups is 2. The topological polar surface area (TPSA) is 101 Å². The minimum absolute atomic E-state index is 0.0370. The zero-order valence-corrected chi connectivity index (χ0v) is 25.5. The fourth-order valence-electron chi connectivity index (χ4n) is 2.99. The molecule has 1 atom stereocenters. The Labute approximate surface area is 221 Å². The molecule has 0 rings (SSSR count). The van der Waals surface area contributed by atoms with Crippen LogP contribution in [-0.4, -0.2) is 34.6 Å². The van der Waals surface area contributed by atoms with E-state index in [2.05, 4.69) is 20.8 Å². The SMILES string of the molecule is CC.CC.CC(=O)CC(C)O.CC(C)CCO.CCCCCCCCCCCCCCCC(N)=O. The molecule has 0 fully saturated rings. The van der Waals surface area contributed by atoms with Gasteiger partial charge in [-0.2, -0.15) is 0 Å². The molecule has 0 aromatic carbocycles. The maximum Gasteiger partial charge on any atom is 0.217 e. The van der Waals surface area contributed by atoms with E-state index < -0.39 is 6.10 Å². The van der Waals surface area contributed by atoms with Gasteiger partial charge in [0.25, 0.3) is 0 Å². The zero-order valence-electron chi connectivity index (χ0n) is 25.5. The summed E-state index contributed by atoms with van der Waals surface area (Å²) in [5, 5.41) is 16.7. The highest BCUT2D eigenvalue weighted by Gasteiger charge is 1.97. The Morgan fingerprint density at radius 3 is 1.23 bits per heavy atom. The Bertz CT molecular complexity index is 371. The van der Waals surface area contributed by atoms with E-state index in [0.29, 0.717) is 18.9 Å². The first-order chi connectivity index (χ1) is 16.7. The largest absolute Gasteiger partial charge is 0.396 e. The van der Waals surface area contributed by atoms with Crippen molar-refractivity contribution in [2.24, 2.45) is 11.7 Å². The van der Waals surface area contributed by atoms with Crippen molar-refractivity contribution >= 4 is 11.7 Å². The summed E-state index contributed by atoms with van der Waals surface area (Å²) in [4.78, 5) is 20.6. The van der Waals surface area contributed by atoms with E-state index in [9.17, 15) is 9.59 Å². The van der Waals surface area contributed by atoms with Gasteiger partial charge in [0.05, 0.1) is 6.10 Å². The molecule has 1 unspecified atom stereocenters. The lowest BCUT2D eigenvalue weighted by molar-refractivity contribution is -0.119. The van der Waals surface area contributed by atoms with Crippen LogP contribution >= 0.6 is 0 Å². The number of nitrogens with two attached hydrogens (primary N) is 1. The molecule has 0 spiro atoms. The Morgan fingerprint density at radius 2 is 1.06 bits per heavy atom. The quantitative estimate of drug-likeness (QED) is 0.163. The molecule has 0 aliphatic heterocycles. The van der Waals surface area contributed by atoms with Crippen molar-refractivity contribution in [2.75, 3.05) is 6.61 Å².